The third-order valence-corrected chi connectivity index (χ3v) is 2.92. The highest BCUT2D eigenvalue weighted by Gasteiger charge is 2.41. The van der Waals surface area contributed by atoms with E-state index in [0.717, 1.165) is 19.3 Å². The molecule has 0 rings (SSSR count). The van der Waals surface area contributed by atoms with Crippen LogP contribution in [0.4, 0.5) is 0 Å². The normalized spacial score (nSPS) is 20.8. The zero-order chi connectivity index (χ0) is 10.5. The topological polar surface area (TPSA) is 44.5 Å². The summed E-state index contributed by atoms with van der Waals surface area (Å²) in [6.07, 6.45) is 2.82. The Balaban J connectivity index is 4.51. The van der Waals surface area contributed by atoms with E-state index >= 15 is 0 Å². The summed E-state index contributed by atoms with van der Waals surface area (Å²) in [6, 6.07) is 0. The molecule has 3 nitrogen and oxygen atoms in total. The van der Waals surface area contributed by atoms with E-state index in [0.29, 0.717) is 0 Å². The van der Waals surface area contributed by atoms with E-state index < -0.39 is 5.60 Å². The number of nitrogens with two attached hydrogens (primary N) is 1. The van der Waals surface area contributed by atoms with Crippen LogP contribution in [-0.4, -0.2) is 18.2 Å². The molecule has 80 valence electrons. The highest BCUT2D eigenvalue weighted by molar-refractivity contribution is 4.97. The Morgan fingerprint density at radius 1 is 1.23 bits per heavy atom. The molecule has 0 fully saturated rings. The van der Waals surface area contributed by atoms with Crippen LogP contribution in [0.15, 0.2) is 0 Å². The Morgan fingerprint density at radius 3 is 2.08 bits per heavy atom. The van der Waals surface area contributed by atoms with E-state index in [1.54, 1.807) is 0 Å². The van der Waals surface area contributed by atoms with Crippen molar-refractivity contribution in [1.82, 2.24) is 0 Å². The maximum atomic E-state index is 6.20. The lowest BCUT2D eigenvalue weighted by atomic mass is 9.78. The smallest absolute Gasteiger partial charge is 0.118 e. The van der Waals surface area contributed by atoms with Gasteiger partial charge in [-0.2, -0.15) is 0 Å². The fourth-order valence-corrected chi connectivity index (χ4v) is 1.53. The first kappa shape index (κ1) is 12.9. The van der Waals surface area contributed by atoms with Gasteiger partial charge in [-0.3, -0.25) is 0 Å². The molecular weight excluding hydrogens is 166 g/mol. The summed E-state index contributed by atoms with van der Waals surface area (Å²) in [5.74, 6) is 0. The predicted octanol–water partition coefficient (Wildman–Crippen LogP) is 2.25. The molecule has 0 aromatic heterocycles. The standard InChI is InChI=1S/C10H23NO2/c1-6-8-9(3,11)10(4,7-2)13-12-5/h6-8,11H2,1-5H3. The molecule has 0 heterocycles. The molecule has 13 heavy (non-hydrogen) atoms. The monoisotopic (exact) mass is 189 g/mol. The van der Waals surface area contributed by atoms with Gasteiger partial charge in [-0.1, -0.05) is 20.3 Å². The minimum Gasteiger partial charge on any atom is -0.323 e. The Hall–Kier alpha value is -0.120. The minimum absolute atomic E-state index is 0.341. The molecule has 0 spiro atoms. The van der Waals surface area contributed by atoms with Gasteiger partial charge in [0.15, 0.2) is 0 Å². The Morgan fingerprint density at radius 2 is 1.77 bits per heavy atom. The lowest BCUT2D eigenvalue weighted by Gasteiger charge is -2.41. The average Bonchev–Trinajstić information content (AvgIpc) is 2.04. The molecule has 0 aromatic rings. The molecule has 0 radical (unpaired) electrons. The molecule has 0 aliphatic heterocycles. The van der Waals surface area contributed by atoms with Gasteiger partial charge in [-0.05, 0) is 26.7 Å². The fourth-order valence-electron chi connectivity index (χ4n) is 1.53. The van der Waals surface area contributed by atoms with E-state index in [-0.39, 0.29) is 5.54 Å². The SMILES string of the molecule is CCCC(C)(N)C(C)(CC)OOC. The Bertz CT molecular complexity index is 148. The van der Waals surface area contributed by atoms with Crippen molar-refractivity contribution < 1.29 is 9.78 Å². The van der Waals surface area contributed by atoms with Gasteiger partial charge in [0, 0.05) is 5.54 Å². The summed E-state index contributed by atoms with van der Waals surface area (Å²) >= 11 is 0. The lowest BCUT2D eigenvalue weighted by Crippen LogP contribution is -2.57. The third-order valence-electron chi connectivity index (χ3n) is 2.92. The average molecular weight is 189 g/mol. The molecule has 2 N–H and O–H groups in total. The fraction of sp³-hybridized carbons (Fsp3) is 1.00. The van der Waals surface area contributed by atoms with Crippen molar-refractivity contribution in [3.05, 3.63) is 0 Å². The van der Waals surface area contributed by atoms with Crippen LogP contribution in [-0.2, 0) is 9.78 Å². The van der Waals surface area contributed by atoms with Crippen LogP contribution in [0.1, 0.15) is 47.0 Å². The van der Waals surface area contributed by atoms with Gasteiger partial charge in [0.05, 0.1) is 7.11 Å². The van der Waals surface area contributed by atoms with Crippen molar-refractivity contribution in [3.8, 4) is 0 Å². The molecular formula is C10H23NO2. The van der Waals surface area contributed by atoms with Crippen molar-refractivity contribution in [1.29, 1.82) is 0 Å². The largest absolute Gasteiger partial charge is 0.323 e. The molecule has 0 amide bonds. The van der Waals surface area contributed by atoms with E-state index in [2.05, 4.69) is 13.8 Å². The van der Waals surface area contributed by atoms with Crippen LogP contribution in [0.2, 0.25) is 0 Å². The van der Waals surface area contributed by atoms with Crippen LogP contribution in [0.3, 0.4) is 0 Å². The molecule has 2 unspecified atom stereocenters. The minimum atomic E-state index is -0.405. The van der Waals surface area contributed by atoms with Gasteiger partial charge in [-0.15, -0.1) is 0 Å². The van der Waals surface area contributed by atoms with Crippen LogP contribution < -0.4 is 5.73 Å². The second-order valence-corrected chi connectivity index (χ2v) is 4.00. The van der Waals surface area contributed by atoms with E-state index in [1.165, 1.54) is 7.11 Å². The molecule has 0 saturated carbocycles. The van der Waals surface area contributed by atoms with Gasteiger partial charge < -0.3 is 5.73 Å². The molecule has 0 aromatic carbocycles. The first-order valence-electron chi connectivity index (χ1n) is 4.94. The number of hydrogen-bond donors (Lipinski definition) is 1. The van der Waals surface area contributed by atoms with Crippen LogP contribution in [0.5, 0.6) is 0 Å². The maximum Gasteiger partial charge on any atom is 0.118 e. The number of rotatable bonds is 6. The third kappa shape index (κ3) is 2.93. The second kappa shape index (κ2) is 4.94. The van der Waals surface area contributed by atoms with Crippen LogP contribution >= 0.6 is 0 Å². The van der Waals surface area contributed by atoms with Crippen molar-refractivity contribution in [2.75, 3.05) is 7.11 Å². The number of hydrogen-bond acceptors (Lipinski definition) is 3. The maximum absolute atomic E-state index is 6.20. The molecule has 2 atom stereocenters. The first-order valence-corrected chi connectivity index (χ1v) is 4.94. The first-order chi connectivity index (χ1) is 5.93. The summed E-state index contributed by atoms with van der Waals surface area (Å²) in [6.45, 7) is 8.18. The van der Waals surface area contributed by atoms with Gasteiger partial charge >= 0.3 is 0 Å². The molecule has 0 aliphatic rings. The van der Waals surface area contributed by atoms with Gasteiger partial charge in [0.2, 0.25) is 0 Å². The van der Waals surface area contributed by atoms with Gasteiger partial charge in [-0.25, -0.2) is 9.78 Å². The zero-order valence-corrected chi connectivity index (χ0v) is 9.52. The Labute approximate surface area is 81.5 Å². The quantitative estimate of drug-likeness (QED) is 0.515. The summed E-state index contributed by atoms with van der Waals surface area (Å²) in [5.41, 5.74) is 5.45. The summed E-state index contributed by atoms with van der Waals surface area (Å²) in [5, 5.41) is 0. The predicted molar refractivity (Wildman–Crippen MR) is 54.3 cm³/mol. The zero-order valence-electron chi connectivity index (χ0n) is 9.52. The highest BCUT2D eigenvalue weighted by atomic mass is 17.2. The van der Waals surface area contributed by atoms with Crippen molar-refractivity contribution in [2.24, 2.45) is 5.73 Å². The van der Waals surface area contributed by atoms with E-state index in [1.807, 2.05) is 13.8 Å². The summed E-state index contributed by atoms with van der Waals surface area (Å²) in [4.78, 5) is 10.0. The second-order valence-electron chi connectivity index (χ2n) is 4.00. The van der Waals surface area contributed by atoms with Crippen molar-refractivity contribution in [3.63, 3.8) is 0 Å². The molecule has 0 saturated heterocycles. The highest BCUT2D eigenvalue weighted by Crippen LogP contribution is 2.31. The van der Waals surface area contributed by atoms with E-state index in [4.69, 9.17) is 15.5 Å². The molecule has 0 aliphatic carbocycles. The van der Waals surface area contributed by atoms with Crippen LogP contribution in [0, 0.1) is 0 Å². The van der Waals surface area contributed by atoms with Crippen molar-refractivity contribution >= 4 is 0 Å². The summed E-state index contributed by atoms with van der Waals surface area (Å²) < 4.78 is 0. The van der Waals surface area contributed by atoms with Gasteiger partial charge in [0.1, 0.15) is 5.60 Å². The molecule has 3 heteroatoms. The summed E-state index contributed by atoms with van der Waals surface area (Å²) in [7, 11) is 1.52. The Kier molecular flexibility index (Phi) is 4.89. The molecule has 0 bridgehead atoms. The van der Waals surface area contributed by atoms with Crippen molar-refractivity contribution in [2.45, 2.75) is 58.1 Å². The van der Waals surface area contributed by atoms with Crippen LogP contribution in [0.25, 0.3) is 0 Å². The van der Waals surface area contributed by atoms with E-state index in [9.17, 15) is 0 Å². The lowest BCUT2D eigenvalue weighted by molar-refractivity contribution is -0.355. The van der Waals surface area contributed by atoms with Gasteiger partial charge in [0.25, 0.3) is 0 Å².